The van der Waals surface area contributed by atoms with E-state index in [1.54, 1.807) is 30.3 Å². The Morgan fingerprint density at radius 2 is 2.11 bits per heavy atom. The van der Waals surface area contributed by atoms with Gasteiger partial charge in [0.2, 0.25) is 0 Å². The average molecular weight is 275 g/mol. The number of aromatic nitrogens is 1. The van der Waals surface area contributed by atoms with Gasteiger partial charge in [-0.3, -0.25) is 4.79 Å². The van der Waals surface area contributed by atoms with Crippen LogP contribution < -0.4 is 0 Å². The number of benzene rings is 1. The number of pyridine rings is 1. The van der Waals surface area contributed by atoms with Crippen LogP contribution in [-0.2, 0) is 6.54 Å². The molecule has 0 saturated carbocycles. The van der Waals surface area contributed by atoms with Crippen molar-refractivity contribution < 1.29 is 4.79 Å². The van der Waals surface area contributed by atoms with E-state index < -0.39 is 0 Å². The lowest BCUT2D eigenvalue weighted by molar-refractivity contribution is 0.0785. The molecule has 1 heterocycles. The van der Waals surface area contributed by atoms with Crippen molar-refractivity contribution in [3.05, 3.63) is 64.4 Å². The smallest absolute Gasteiger partial charge is 0.257 e. The zero-order valence-electron chi connectivity index (χ0n) is 10.9. The van der Waals surface area contributed by atoms with Crippen LogP contribution in [-0.4, -0.2) is 22.8 Å². The first-order valence-electron chi connectivity index (χ1n) is 5.99. The van der Waals surface area contributed by atoms with Gasteiger partial charge in [0.05, 0.1) is 5.56 Å². The Morgan fingerprint density at radius 3 is 2.79 bits per heavy atom. The van der Waals surface area contributed by atoms with Gasteiger partial charge in [-0.1, -0.05) is 41.4 Å². The second kappa shape index (κ2) is 5.85. The van der Waals surface area contributed by atoms with E-state index in [4.69, 9.17) is 11.6 Å². The summed E-state index contributed by atoms with van der Waals surface area (Å²) in [5.41, 5.74) is 2.70. The fraction of sp³-hybridized carbons (Fsp3) is 0.200. The lowest BCUT2D eigenvalue weighted by Crippen LogP contribution is -2.26. The molecule has 4 heteroatoms. The first-order valence-corrected chi connectivity index (χ1v) is 6.37. The van der Waals surface area contributed by atoms with Crippen molar-refractivity contribution >= 4 is 17.5 Å². The van der Waals surface area contributed by atoms with Gasteiger partial charge in [-0.15, -0.1) is 0 Å². The molecule has 0 N–H and O–H groups in total. The molecule has 0 bridgehead atoms. The molecule has 1 aromatic carbocycles. The van der Waals surface area contributed by atoms with Crippen LogP contribution in [0.25, 0.3) is 0 Å². The molecule has 0 atom stereocenters. The minimum atomic E-state index is -0.125. The summed E-state index contributed by atoms with van der Waals surface area (Å²) in [5, 5.41) is 0.239. The average Bonchev–Trinajstić information content (AvgIpc) is 2.38. The van der Waals surface area contributed by atoms with Crippen molar-refractivity contribution in [2.45, 2.75) is 13.5 Å². The number of aryl methyl sites for hydroxylation is 1. The molecule has 3 nitrogen and oxygen atoms in total. The van der Waals surface area contributed by atoms with Gasteiger partial charge < -0.3 is 4.90 Å². The summed E-state index contributed by atoms with van der Waals surface area (Å²) in [6.45, 7) is 2.58. The molecular weight excluding hydrogens is 260 g/mol. The molecule has 0 aliphatic rings. The number of carbonyl (C=O) groups is 1. The van der Waals surface area contributed by atoms with E-state index in [2.05, 4.69) is 11.1 Å². The van der Waals surface area contributed by atoms with E-state index in [1.807, 2.05) is 25.1 Å². The maximum absolute atomic E-state index is 12.3. The van der Waals surface area contributed by atoms with Gasteiger partial charge in [0.15, 0.2) is 0 Å². The molecule has 1 amide bonds. The molecule has 0 radical (unpaired) electrons. The summed E-state index contributed by atoms with van der Waals surface area (Å²) in [7, 11) is 1.76. The number of rotatable bonds is 3. The standard InChI is InChI=1S/C15H15ClN2O/c1-11-5-3-6-12(9-11)10-18(2)15(19)13-7-4-8-17-14(13)16/h3-9H,10H2,1-2H3. The Labute approximate surface area is 117 Å². The van der Waals surface area contributed by atoms with Gasteiger partial charge in [0.1, 0.15) is 5.15 Å². The van der Waals surface area contributed by atoms with E-state index in [9.17, 15) is 4.79 Å². The topological polar surface area (TPSA) is 33.2 Å². The molecule has 0 aliphatic carbocycles. The Hall–Kier alpha value is -1.87. The SMILES string of the molecule is Cc1cccc(CN(C)C(=O)c2cccnc2Cl)c1. The van der Waals surface area contributed by atoms with Crippen LogP contribution in [0.2, 0.25) is 5.15 Å². The second-order valence-corrected chi connectivity index (χ2v) is 4.85. The summed E-state index contributed by atoms with van der Waals surface area (Å²) in [6, 6.07) is 11.5. The monoisotopic (exact) mass is 274 g/mol. The van der Waals surface area contributed by atoms with Crippen molar-refractivity contribution in [3.8, 4) is 0 Å². The van der Waals surface area contributed by atoms with Crippen LogP contribution in [0.15, 0.2) is 42.6 Å². The maximum atomic E-state index is 12.3. The Morgan fingerprint density at radius 1 is 1.32 bits per heavy atom. The fourth-order valence-corrected chi connectivity index (χ4v) is 2.11. The first kappa shape index (κ1) is 13.6. The minimum absolute atomic E-state index is 0.125. The molecule has 2 aromatic rings. The predicted molar refractivity (Wildman–Crippen MR) is 76.2 cm³/mol. The number of hydrogen-bond acceptors (Lipinski definition) is 2. The highest BCUT2D eigenvalue weighted by molar-refractivity contribution is 6.32. The zero-order valence-corrected chi connectivity index (χ0v) is 11.7. The van der Waals surface area contributed by atoms with E-state index >= 15 is 0 Å². The van der Waals surface area contributed by atoms with Gasteiger partial charge in [-0.2, -0.15) is 0 Å². The van der Waals surface area contributed by atoms with Gasteiger partial charge in [0.25, 0.3) is 5.91 Å². The molecule has 98 valence electrons. The van der Waals surface area contributed by atoms with Crippen LogP contribution in [0.5, 0.6) is 0 Å². The quantitative estimate of drug-likeness (QED) is 0.805. The van der Waals surface area contributed by atoms with E-state index in [0.29, 0.717) is 12.1 Å². The molecule has 0 aliphatic heterocycles. The largest absolute Gasteiger partial charge is 0.337 e. The lowest BCUT2D eigenvalue weighted by atomic mass is 10.1. The molecule has 19 heavy (non-hydrogen) atoms. The van der Waals surface area contributed by atoms with E-state index in [0.717, 1.165) is 5.56 Å². The lowest BCUT2D eigenvalue weighted by Gasteiger charge is -2.18. The highest BCUT2D eigenvalue weighted by atomic mass is 35.5. The summed E-state index contributed by atoms with van der Waals surface area (Å²) < 4.78 is 0. The number of nitrogens with zero attached hydrogens (tertiary/aromatic N) is 2. The normalized spacial score (nSPS) is 10.3. The predicted octanol–water partition coefficient (Wildman–Crippen LogP) is 3.32. The summed E-state index contributed by atoms with van der Waals surface area (Å²) in [5.74, 6) is -0.125. The van der Waals surface area contributed by atoms with Crippen LogP contribution >= 0.6 is 11.6 Å². The summed E-state index contributed by atoms with van der Waals surface area (Å²) in [6.07, 6.45) is 1.57. The number of halogens is 1. The number of hydrogen-bond donors (Lipinski definition) is 0. The van der Waals surface area contributed by atoms with Crippen molar-refractivity contribution in [2.75, 3.05) is 7.05 Å². The van der Waals surface area contributed by atoms with Gasteiger partial charge in [0, 0.05) is 19.8 Å². The highest BCUT2D eigenvalue weighted by Gasteiger charge is 2.15. The number of amides is 1. The minimum Gasteiger partial charge on any atom is -0.337 e. The molecule has 0 unspecified atom stereocenters. The van der Waals surface area contributed by atoms with E-state index in [-0.39, 0.29) is 11.1 Å². The highest BCUT2D eigenvalue weighted by Crippen LogP contribution is 2.15. The molecule has 1 aromatic heterocycles. The molecule has 0 saturated heterocycles. The van der Waals surface area contributed by atoms with Crippen LogP contribution in [0.4, 0.5) is 0 Å². The van der Waals surface area contributed by atoms with E-state index in [1.165, 1.54) is 5.56 Å². The zero-order chi connectivity index (χ0) is 13.8. The third-order valence-electron chi connectivity index (χ3n) is 2.84. The maximum Gasteiger partial charge on any atom is 0.257 e. The Balaban J connectivity index is 2.14. The summed E-state index contributed by atoms with van der Waals surface area (Å²) >= 11 is 5.93. The first-order chi connectivity index (χ1) is 9.08. The third kappa shape index (κ3) is 3.32. The van der Waals surface area contributed by atoms with Gasteiger partial charge in [-0.05, 0) is 24.6 Å². The third-order valence-corrected chi connectivity index (χ3v) is 3.14. The van der Waals surface area contributed by atoms with Crippen LogP contribution in [0.1, 0.15) is 21.5 Å². The van der Waals surface area contributed by atoms with Crippen LogP contribution in [0.3, 0.4) is 0 Å². The molecule has 0 fully saturated rings. The Kier molecular flexibility index (Phi) is 4.17. The van der Waals surface area contributed by atoms with Crippen molar-refractivity contribution in [1.29, 1.82) is 0 Å². The molecule has 2 rings (SSSR count). The number of carbonyl (C=O) groups excluding carboxylic acids is 1. The second-order valence-electron chi connectivity index (χ2n) is 4.49. The van der Waals surface area contributed by atoms with Crippen molar-refractivity contribution in [1.82, 2.24) is 9.88 Å². The van der Waals surface area contributed by atoms with Crippen molar-refractivity contribution in [3.63, 3.8) is 0 Å². The summed E-state index contributed by atoms with van der Waals surface area (Å²) in [4.78, 5) is 17.8. The molecular formula is C15H15ClN2O. The fourth-order valence-electron chi connectivity index (χ4n) is 1.91. The van der Waals surface area contributed by atoms with Crippen LogP contribution in [0, 0.1) is 6.92 Å². The van der Waals surface area contributed by atoms with Gasteiger partial charge in [-0.25, -0.2) is 4.98 Å². The Bertz CT molecular complexity index is 598. The molecule has 0 spiro atoms. The van der Waals surface area contributed by atoms with Gasteiger partial charge >= 0.3 is 0 Å². The van der Waals surface area contributed by atoms with Crippen molar-refractivity contribution in [2.24, 2.45) is 0 Å².